The van der Waals surface area contributed by atoms with E-state index in [1.54, 1.807) is 6.07 Å². The lowest BCUT2D eigenvalue weighted by atomic mass is 10.1. The van der Waals surface area contributed by atoms with Crippen molar-refractivity contribution in [1.29, 1.82) is 5.26 Å². The molecular weight excluding hydrogens is 216 g/mol. The minimum Gasteiger partial charge on any atom is -0.506 e. The number of non-ortho nitro benzene ring substituents is 1. The van der Waals surface area contributed by atoms with E-state index in [-0.39, 0.29) is 5.56 Å². The fourth-order valence-electron chi connectivity index (χ4n) is 1.08. The Balaban J connectivity index is 3.49. The molecule has 0 spiro atoms. The van der Waals surface area contributed by atoms with E-state index in [2.05, 4.69) is 4.74 Å². The van der Waals surface area contributed by atoms with Gasteiger partial charge in [0, 0.05) is 12.1 Å². The van der Waals surface area contributed by atoms with Crippen molar-refractivity contribution in [1.82, 2.24) is 0 Å². The molecule has 0 aliphatic carbocycles. The maximum Gasteiger partial charge on any atom is 0.341 e. The molecule has 7 heteroatoms. The summed E-state index contributed by atoms with van der Waals surface area (Å²) in [6, 6.07) is 3.27. The normalized spacial score (nSPS) is 9.25. The van der Waals surface area contributed by atoms with Crippen LogP contribution in [0, 0.1) is 21.4 Å². The Morgan fingerprint density at radius 1 is 1.62 bits per heavy atom. The molecule has 0 radical (unpaired) electrons. The molecule has 0 heterocycles. The topological polar surface area (TPSA) is 113 Å². The van der Waals surface area contributed by atoms with Gasteiger partial charge < -0.3 is 9.84 Å². The predicted octanol–water partition coefficient (Wildman–Crippen LogP) is 0.959. The van der Waals surface area contributed by atoms with Gasteiger partial charge in [-0.3, -0.25) is 10.1 Å². The van der Waals surface area contributed by atoms with Crippen LogP contribution in [0.3, 0.4) is 0 Å². The van der Waals surface area contributed by atoms with Gasteiger partial charge in [-0.05, 0) is 0 Å². The third kappa shape index (κ3) is 1.90. The highest BCUT2D eigenvalue weighted by atomic mass is 16.6. The van der Waals surface area contributed by atoms with Crippen LogP contribution in [0.2, 0.25) is 0 Å². The molecule has 1 aromatic rings. The lowest BCUT2D eigenvalue weighted by molar-refractivity contribution is -0.384. The first kappa shape index (κ1) is 11.5. The van der Waals surface area contributed by atoms with E-state index in [4.69, 9.17) is 5.26 Å². The number of ether oxygens (including phenoxy) is 1. The summed E-state index contributed by atoms with van der Waals surface area (Å²) in [5.41, 5.74) is -1.22. The standard InChI is InChI=1S/C9H6N2O5/c1-16-9(13)7-3-6(11(14)15)2-5(4-10)8(7)12/h2-3,12H,1H3. The largest absolute Gasteiger partial charge is 0.506 e. The van der Waals surface area contributed by atoms with E-state index in [0.717, 1.165) is 19.2 Å². The molecule has 1 aromatic carbocycles. The highest BCUT2D eigenvalue weighted by Crippen LogP contribution is 2.28. The van der Waals surface area contributed by atoms with Crippen molar-refractivity contribution in [3.63, 3.8) is 0 Å². The Labute approximate surface area is 89.6 Å². The van der Waals surface area contributed by atoms with Gasteiger partial charge >= 0.3 is 5.97 Å². The molecule has 0 saturated carbocycles. The van der Waals surface area contributed by atoms with Crippen molar-refractivity contribution in [2.45, 2.75) is 0 Å². The minimum atomic E-state index is -0.947. The van der Waals surface area contributed by atoms with Crippen LogP contribution in [0.1, 0.15) is 15.9 Å². The fraction of sp³-hybridized carbons (Fsp3) is 0.111. The molecule has 0 aliphatic heterocycles. The summed E-state index contributed by atoms with van der Waals surface area (Å²) in [7, 11) is 1.06. The number of benzene rings is 1. The number of carbonyl (C=O) groups is 1. The molecule has 0 saturated heterocycles. The number of nitro benzene ring substituents is 1. The van der Waals surface area contributed by atoms with E-state index in [9.17, 15) is 20.0 Å². The minimum absolute atomic E-state index is 0.352. The van der Waals surface area contributed by atoms with Crippen molar-refractivity contribution in [3.05, 3.63) is 33.4 Å². The van der Waals surface area contributed by atoms with Crippen LogP contribution in [0.4, 0.5) is 5.69 Å². The molecule has 82 valence electrons. The van der Waals surface area contributed by atoms with Gasteiger partial charge in [-0.15, -0.1) is 0 Å². The first-order valence-corrected chi connectivity index (χ1v) is 4.01. The molecule has 0 fully saturated rings. The molecule has 0 aliphatic rings. The smallest absolute Gasteiger partial charge is 0.341 e. The van der Waals surface area contributed by atoms with Gasteiger partial charge in [-0.1, -0.05) is 0 Å². The molecule has 7 nitrogen and oxygen atoms in total. The highest BCUT2D eigenvalue weighted by Gasteiger charge is 2.21. The zero-order valence-electron chi connectivity index (χ0n) is 8.13. The van der Waals surface area contributed by atoms with E-state index >= 15 is 0 Å². The number of esters is 1. The first-order valence-electron chi connectivity index (χ1n) is 4.01. The highest BCUT2D eigenvalue weighted by molar-refractivity contribution is 5.94. The molecule has 0 aromatic heterocycles. The van der Waals surface area contributed by atoms with Crippen LogP contribution in [-0.4, -0.2) is 23.1 Å². The number of aromatic hydroxyl groups is 1. The van der Waals surface area contributed by atoms with Gasteiger partial charge in [0.25, 0.3) is 5.69 Å². The van der Waals surface area contributed by atoms with Crippen LogP contribution in [0.15, 0.2) is 12.1 Å². The summed E-state index contributed by atoms with van der Waals surface area (Å²) in [6.07, 6.45) is 0. The second kappa shape index (κ2) is 4.27. The zero-order chi connectivity index (χ0) is 12.3. The third-order valence-electron chi connectivity index (χ3n) is 1.83. The van der Waals surface area contributed by atoms with Crippen molar-refractivity contribution in [2.24, 2.45) is 0 Å². The maximum atomic E-state index is 11.2. The second-order valence-corrected chi connectivity index (χ2v) is 2.75. The van der Waals surface area contributed by atoms with Crippen molar-refractivity contribution < 1.29 is 19.6 Å². The lowest BCUT2D eigenvalue weighted by Gasteiger charge is -2.03. The number of phenols is 1. The number of nitrogens with zero attached hydrogens (tertiary/aromatic N) is 2. The average Bonchev–Trinajstić information content (AvgIpc) is 2.28. The molecule has 0 unspecified atom stereocenters. The van der Waals surface area contributed by atoms with Crippen LogP contribution in [0.5, 0.6) is 5.75 Å². The van der Waals surface area contributed by atoms with E-state index in [1.165, 1.54) is 0 Å². The van der Waals surface area contributed by atoms with Crippen LogP contribution in [-0.2, 0) is 4.74 Å². The number of nitriles is 1. The molecule has 0 atom stereocenters. The Morgan fingerprint density at radius 2 is 2.25 bits per heavy atom. The van der Waals surface area contributed by atoms with Crippen molar-refractivity contribution in [3.8, 4) is 11.8 Å². The zero-order valence-corrected chi connectivity index (χ0v) is 8.13. The van der Waals surface area contributed by atoms with Gasteiger partial charge in [0.2, 0.25) is 0 Å². The Hall–Kier alpha value is -2.62. The molecule has 1 N–H and O–H groups in total. The second-order valence-electron chi connectivity index (χ2n) is 2.75. The van der Waals surface area contributed by atoms with Gasteiger partial charge in [-0.2, -0.15) is 5.26 Å². The monoisotopic (exact) mass is 222 g/mol. The summed E-state index contributed by atoms with van der Waals surface area (Å²) in [5, 5.41) is 28.6. The summed E-state index contributed by atoms with van der Waals surface area (Å²) in [6.45, 7) is 0. The number of methoxy groups -OCH3 is 1. The summed E-state index contributed by atoms with van der Waals surface area (Å²) in [4.78, 5) is 20.9. The van der Waals surface area contributed by atoms with Crippen LogP contribution >= 0.6 is 0 Å². The molecule has 0 bridgehead atoms. The number of hydrogen-bond donors (Lipinski definition) is 1. The number of phenolic OH excluding ortho intramolecular Hbond substituents is 1. The molecule has 0 amide bonds. The summed E-state index contributed by atoms with van der Waals surface area (Å²) in [5.74, 6) is -1.57. The average molecular weight is 222 g/mol. The SMILES string of the molecule is COC(=O)c1cc([N+](=O)[O-])cc(C#N)c1O. The van der Waals surface area contributed by atoms with Gasteiger partial charge in [-0.25, -0.2) is 4.79 Å². The predicted molar refractivity (Wildman–Crippen MR) is 50.8 cm³/mol. The van der Waals surface area contributed by atoms with Crippen molar-refractivity contribution >= 4 is 11.7 Å². The van der Waals surface area contributed by atoms with Gasteiger partial charge in [0.15, 0.2) is 0 Å². The van der Waals surface area contributed by atoms with Gasteiger partial charge in [0.1, 0.15) is 22.9 Å². The van der Waals surface area contributed by atoms with Gasteiger partial charge in [0.05, 0.1) is 12.0 Å². The molecule has 1 rings (SSSR count). The van der Waals surface area contributed by atoms with Crippen LogP contribution in [0.25, 0.3) is 0 Å². The Bertz CT molecular complexity index is 503. The van der Waals surface area contributed by atoms with E-state index in [1.807, 2.05) is 0 Å². The molecular formula is C9H6N2O5. The number of rotatable bonds is 2. The summed E-state index contributed by atoms with van der Waals surface area (Å²) < 4.78 is 4.32. The molecule has 16 heavy (non-hydrogen) atoms. The third-order valence-corrected chi connectivity index (χ3v) is 1.83. The number of nitro groups is 1. The van der Waals surface area contributed by atoms with E-state index in [0.29, 0.717) is 0 Å². The lowest BCUT2D eigenvalue weighted by Crippen LogP contribution is -2.04. The fourth-order valence-corrected chi connectivity index (χ4v) is 1.08. The number of carbonyl (C=O) groups excluding carboxylic acids is 1. The Kier molecular flexibility index (Phi) is 3.06. The number of hydrogen-bond acceptors (Lipinski definition) is 6. The van der Waals surface area contributed by atoms with Crippen molar-refractivity contribution in [2.75, 3.05) is 7.11 Å². The first-order chi connectivity index (χ1) is 7.51. The van der Waals surface area contributed by atoms with E-state index < -0.39 is 27.9 Å². The quantitative estimate of drug-likeness (QED) is 0.452. The van der Waals surface area contributed by atoms with Crippen LogP contribution < -0.4 is 0 Å². The maximum absolute atomic E-state index is 11.2. The Morgan fingerprint density at radius 3 is 2.69 bits per heavy atom. The summed E-state index contributed by atoms with van der Waals surface area (Å²) >= 11 is 0.